The van der Waals surface area contributed by atoms with Crippen molar-refractivity contribution in [1.82, 2.24) is 19.5 Å². The second kappa shape index (κ2) is 5.81. The van der Waals surface area contributed by atoms with Crippen LogP contribution in [0.5, 0.6) is 0 Å². The third-order valence-electron chi connectivity index (χ3n) is 3.39. The molecule has 0 bridgehead atoms. The molecular formula is C15H17ClN6. The standard InChI is InChI=1S/C15H17ClN6/c1-9(2)22-8-19-12-13(20-15(16)21-14(12)22)18-7-10-3-5-11(17)6-4-10/h3-6,8-9H,7,17H2,1-2H3,(H,18,20,21). The molecule has 3 N–H and O–H groups in total. The van der Waals surface area contributed by atoms with Crippen LogP contribution in [0.1, 0.15) is 25.5 Å². The molecule has 3 rings (SSSR count). The molecule has 6 nitrogen and oxygen atoms in total. The van der Waals surface area contributed by atoms with Crippen LogP contribution in [-0.2, 0) is 6.54 Å². The molecule has 0 atom stereocenters. The highest BCUT2D eigenvalue weighted by Crippen LogP contribution is 2.23. The molecule has 0 unspecified atom stereocenters. The van der Waals surface area contributed by atoms with Crippen LogP contribution in [0.3, 0.4) is 0 Å². The average Bonchev–Trinajstić information content (AvgIpc) is 2.90. The lowest BCUT2D eigenvalue weighted by molar-refractivity contribution is 0.612. The van der Waals surface area contributed by atoms with Crippen molar-refractivity contribution in [3.05, 3.63) is 41.4 Å². The molecule has 0 saturated heterocycles. The lowest BCUT2D eigenvalue weighted by Gasteiger charge is -2.09. The Hall–Kier alpha value is -2.34. The molecule has 0 saturated carbocycles. The number of halogens is 1. The number of nitrogen functional groups attached to an aromatic ring is 1. The normalized spacial score (nSPS) is 11.3. The molecule has 3 aromatic rings. The molecule has 2 heterocycles. The Morgan fingerprint density at radius 3 is 2.64 bits per heavy atom. The molecule has 0 fully saturated rings. The Morgan fingerprint density at radius 1 is 1.23 bits per heavy atom. The fourth-order valence-corrected chi connectivity index (χ4v) is 2.38. The van der Waals surface area contributed by atoms with Gasteiger partial charge in [0.05, 0.1) is 6.33 Å². The third kappa shape index (κ3) is 2.82. The summed E-state index contributed by atoms with van der Waals surface area (Å²) in [7, 11) is 0. The molecule has 0 spiro atoms. The molecule has 0 aliphatic carbocycles. The molecule has 22 heavy (non-hydrogen) atoms. The molecule has 1 aromatic carbocycles. The fourth-order valence-electron chi connectivity index (χ4n) is 2.21. The molecule has 0 aliphatic rings. The van der Waals surface area contributed by atoms with E-state index in [0.717, 1.165) is 16.9 Å². The topological polar surface area (TPSA) is 81.7 Å². The van der Waals surface area contributed by atoms with Gasteiger partial charge >= 0.3 is 0 Å². The van der Waals surface area contributed by atoms with E-state index in [0.29, 0.717) is 17.9 Å². The Labute approximate surface area is 133 Å². The summed E-state index contributed by atoms with van der Waals surface area (Å²) in [6.07, 6.45) is 1.76. The largest absolute Gasteiger partial charge is 0.399 e. The monoisotopic (exact) mass is 316 g/mol. The summed E-state index contributed by atoms with van der Waals surface area (Å²) in [6, 6.07) is 7.92. The number of nitrogens with zero attached hydrogens (tertiary/aromatic N) is 4. The molecule has 0 radical (unpaired) electrons. The highest BCUT2D eigenvalue weighted by atomic mass is 35.5. The molecule has 0 aliphatic heterocycles. The zero-order chi connectivity index (χ0) is 15.7. The van der Waals surface area contributed by atoms with E-state index in [1.807, 2.05) is 28.8 Å². The first kappa shape index (κ1) is 14.6. The van der Waals surface area contributed by atoms with E-state index in [2.05, 4.69) is 34.1 Å². The van der Waals surface area contributed by atoms with Crippen molar-refractivity contribution >= 4 is 34.3 Å². The van der Waals surface area contributed by atoms with E-state index < -0.39 is 0 Å². The van der Waals surface area contributed by atoms with Gasteiger partial charge in [-0.05, 0) is 43.1 Å². The van der Waals surface area contributed by atoms with Gasteiger partial charge in [0.15, 0.2) is 17.0 Å². The third-order valence-corrected chi connectivity index (χ3v) is 3.56. The van der Waals surface area contributed by atoms with Gasteiger partial charge in [-0.1, -0.05) is 12.1 Å². The number of anilines is 2. The van der Waals surface area contributed by atoms with E-state index >= 15 is 0 Å². The van der Waals surface area contributed by atoms with Crippen LogP contribution in [0.2, 0.25) is 5.28 Å². The minimum Gasteiger partial charge on any atom is -0.399 e. The summed E-state index contributed by atoms with van der Waals surface area (Å²) in [6.45, 7) is 4.74. The van der Waals surface area contributed by atoms with E-state index in [9.17, 15) is 0 Å². The van der Waals surface area contributed by atoms with Crippen LogP contribution < -0.4 is 11.1 Å². The van der Waals surface area contributed by atoms with Gasteiger partial charge in [-0.2, -0.15) is 9.97 Å². The number of imidazole rings is 1. The number of rotatable bonds is 4. The fraction of sp³-hybridized carbons (Fsp3) is 0.267. The van der Waals surface area contributed by atoms with Crippen molar-refractivity contribution in [1.29, 1.82) is 0 Å². The maximum absolute atomic E-state index is 6.04. The SMILES string of the molecule is CC(C)n1cnc2c(NCc3ccc(N)cc3)nc(Cl)nc21. The van der Waals surface area contributed by atoms with Gasteiger partial charge in [-0.25, -0.2) is 4.98 Å². The number of nitrogens with two attached hydrogens (primary N) is 1. The van der Waals surface area contributed by atoms with Crippen LogP contribution in [0, 0.1) is 0 Å². The number of hydrogen-bond donors (Lipinski definition) is 2. The van der Waals surface area contributed by atoms with Crippen molar-refractivity contribution in [2.45, 2.75) is 26.4 Å². The summed E-state index contributed by atoms with van der Waals surface area (Å²) in [5.41, 5.74) is 8.98. The van der Waals surface area contributed by atoms with Gasteiger partial charge in [0.2, 0.25) is 5.28 Å². The van der Waals surface area contributed by atoms with Crippen LogP contribution in [-0.4, -0.2) is 19.5 Å². The molecule has 114 valence electrons. The summed E-state index contributed by atoms with van der Waals surface area (Å²) in [5, 5.41) is 3.47. The van der Waals surface area contributed by atoms with Gasteiger partial charge in [0, 0.05) is 18.3 Å². The highest BCUT2D eigenvalue weighted by Gasteiger charge is 2.13. The number of benzene rings is 1. The van der Waals surface area contributed by atoms with Crippen LogP contribution in [0.15, 0.2) is 30.6 Å². The van der Waals surface area contributed by atoms with Crippen LogP contribution in [0.25, 0.3) is 11.2 Å². The van der Waals surface area contributed by atoms with Gasteiger partial charge < -0.3 is 15.6 Å². The molecule has 7 heteroatoms. The second-order valence-corrected chi connectivity index (χ2v) is 5.69. The van der Waals surface area contributed by atoms with Crippen molar-refractivity contribution in [3.8, 4) is 0 Å². The maximum atomic E-state index is 6.04. The first-order valence-corrected chi connectivity index (χ1v) is 7.41. The number of nitrogens with one attached hydrogen (secondary N) is 1. The quantitative estimate of drug-likeness (QED) is 0.570. The van der Waals surface area contributed by atoms with Crippen molar-refractivity contribution in [3.63, 3.8) is 0 Å². The van der Waals surface area contributed by atoms with Gasteiger partial charge in [-0.3, -0.25) is 0 Å². The van der Waals surface area contributed by atoms with Crippen LogP contribution in [0.4, 0.5) is 11.5 Å². The minimum atomic E-state index is 0.203. The summed E-state index contributed by atoms with van der Waals surface area (Å²) >= 11 is 6.04. The number of aromatic nitrogens is 4. The van der Waals surface area contributed by atoms with Crippen LogP contribution >= 0.6 is 11.6 Å². The van der Waals surface area contributed by atoms with Crippen molar-refractivity contribution in [2.24, 2.45) is 0 Å². The van der Waals surface area contributed by atoms with E-state index in [-0.39, 0.29) is 11.3 Å². The highest BCUT2D eigenvalue weighted by molar-refractivity contribution is 6.28. The smallest absolute Gasteiger partial charge is 0.226 e. The summed E-state index contributed by atoms with van der Waals surface area (Å²) < 4.78 is 1.97. The predicted molar refractivity (Wildman–Crippen MR) is 88.9 cm³/mol. The second-order valence-electron chi connectivity index (χ2n) is 5.35. The Bertz CT molecular complexity index is 794. The number of hydrogen-bond acceptors (Lipinski definition) is 5. The zero-order valence-electron chi connectivity index (χ0n) is 12.4. The summed E-state index contributed by atoms with van der Waals surface area (Å²) in [4.78, 5) is 12.9. The molecule has 2 aromatic heterocycles. The Kier molecular flexibility index (Phi) is 3.85. The lowest BCUT2D eigenvalue weighted by Crippen LogP contribution is -2.05. The maximum Gasteiger partial charge on any atom is 0.226 e. The minimum absolute atomic E-state index is 0.203. The van der Waals surface area contributed by atoms with E-state index in [1.165, 1.54) is 0 Å². The Morgan fingerprint density at radius 2 is 1.95 bits per heavy atom. The molecular weight excluding hydrogens is 300 g/mol. The predicted octanol–water partition coefficient (Wildman–Crippen LogP) is 3.25. The first-order valence-electron chi connectivity index (χ1n) is 7.03. The van der Waals surface area contributed by atoms with Gasteiger partial charge in [0.25, 0.3) is 0 Å². The van der Waals surface area contributed by atoms with Gasteiger partial charge in [0.1, 0.15) is 0 Å². The lowest BCUT2D eigenvalue weighted by atomic mass is 10.2. The average molecular weight is 317 g/mol. The van der Waals surface area contributed by atoms with Crippen molar-refractivity contribution in [2.75, 3.05) is 11.1 Å². The van der Waals surface area contributed by atoms with E-state index in [1.54, 1.807) is 6.33 Å². The number of fused-ring (bicyclic) bond motifs is 1. The zero-order valence-corrected chi connectivity index (χ0v) is 13.2. The van der Waals surface area contributed by atoms with Crippen molar-refractivity contribution < 1.29 is 0 Å². The summed E-state index contributed by atoms with van der Waals surface area (Å²) in [5.74, 6) is 0.631. The Balaban J connectivity index is 1.91. The first-order chi connectivity index (χ1) is 10.5. The van der Waals surface area contributed by atoms with E-state index in [4.69, 9.17) is 17.3 Å². The van der Waals surface area contributed by atoms with Gasteiger partial charge in [-0.15, -0.1) is 0 Å². The molecule has 0 amide bonds.